The average molecular weight is 710 g/mol. The maximum atomic E-state index is 11.6. The Kier molecular flexibility index (Phi) is 9.06. The van der Waals surface area contributed by atoms with Crippen LogP contribution in [0.3, 0.4) is 0 Å². The molecule has 2 unspecified atom stereocenters. The third-order valence-corrected chi connectivity index (χ3v) is 11.1. The SMILES string of the molecule is Cc1cc2cc(CN3CC[C@@H](O)C3)cnc2c(NC2(c3nc4cc(CN5CC[C@@H](C(=O)O)C5)cc(C#N)c4o3)C=CC=C(c3ccccc3C)C2C)n1. The quantitative estimate of drug-likeness (QED) is 0.158. The fourth-order valence-electron chi connectivity index (χ4n) is 8.30. The molecule has 11 nitrogen and oxygen atoms in total. The van der Waals surface area contributed by atoms with Gasteiger partial charge in [0.15, 0.2) is 11.4 Å². The van der Waals surface area contributed by atoms with Gasteiger partial charge in [0.1, 0.15) is 22.6 Å². The van der Waals surface area contributed by atoms with Crippen LogP contribution in [-0.2, 0) is 23.4 Å². The number of aliphatic hydroxyl groups is 1. The third kappa shape index (κ3) is 6.59. The number of nitrogens with zero attached hydrogens (tertiary/aromatic N) is 6. The van der Waals surface area contributed by atoms with E-state index in [2.05, 4.69) is 65.4 Å². The summed E-state index contributed by atoms with van der Waals surface area (Å²) in [6.07, 6.45) is 9.22. The van der Waals surface area contributed by atoms with Gasteiger partial charge in [-0.15, -0.1) is 0 Å². The number of fused-ring (bicyclic) bond motifs is 2. The van der Waals surface area contributed by atoms with E-state index in [1.807, 2.05) is 49.5 Å². The summed E-state index contributed by atoms with van der Waals surface area (Å²) in [4.78, 5) is 31.0. The van der Waals surface area contributed by atoms with Crippen molar-refractivity contribution < 1.29 is 19.4 Å². The summed E-state index contributed by atoms with van der Waals surface area (Å²) in [5, 5.41) is 34.6. The molecule has 2 saturated heterocycles. The van der Waals surface area contributed by atoms with E-state index in [-0.39, 0.29) is 17.9 Å². The monoisotopic (exact) mass is 709 g/mol. The standard InChI is InChI=1S/C42H43N7O4/c1-25-7-4-5-8-34(25)35-9-6-12-42(27(35)3,47-39-37-31(15-26(2)45-39)17-29(20-44-37)22-49-14-11-33(50)24-49)41-46-36-18-28(16-32(19-43)38(36)53-41)21-48-13-10-30(23-48)40(51)52/h4-9,12,15-18,20,27,30,33,50H,10-11,13-14,21-24H2,1-3H3,(H,45,47)(H,51,52)/t27?,30-,33-,42?/m1/s1. The molecule has 5 aromatic rings. The molecule has 0 saturated carbocycles. The lowest BCUT2D eigenvalue weighted by Gasteiger charge is -2.39. The van der Waals surface area contributed by atoms with Crippen molar-refractivity contribution in [3.05, 3.63) is 112 Å². The molecule has 11 heteroatoms. The maximum Gasteiger partial charge on any atom is 0.307 e. The Morgan fingerprint density at radius 1 is 1.06 bits per heavy atom. The van der Waals surface area contributed by atoms with Gasteiger partial charge >= 0.3 is 5.97 Å². The Bertz CT molecular complexity index is 2340. The Hall–Kier alpha value is -5.41. The number of oxazole rings is 1. The van der Waals surface area contributed by atoms with E-state index in [1.54, 1.807) is 0 Å². The molecule has 0 amide bonds. The number of β-amino-alcohol motifs (C(OH)–C–C–N with tert-alkyl or cyclic N) is 1. The van der Waals surface area contributed by atoms with Crippen LogP contribution in [-0.4, -0.2) is 73.2 Å². The number of carboxylic acid groups (broad SMARTS) is 1. The number of anilines is 1. The molecular weight excluding hydrogens is 667 g/mol. The molecule has 2 aromatic carbocycles. The van der Waals surface area contributed by atoms with Crippen LogP contribution in [0.2, 0.25) is 0 Å². The van der Waals surface area contributed by atoms with Crippen molar-refractivity contribution in [2.24, 2.45) is 11.8 Å². The molecule has 4 atom stereocenters. The van der Waals surface area contributed by atoms with E-state index in [1.165, 1.54) is 0 Å². The molecule has 2 fully saturated rings. The van der Waals surface area contributed by atoms with Gasteiger partial charge in [-0.25, -0.2) is 9.97 Å². The molecule has 0 spiro atoms. The maximum absolute atomic E-state index is 11.6. The minimum atomic E-state index is -1.03. The summed E-state index contributed by atoms with van der Waals surface area (Å²) in [6.45, 7) is 10.1. The van der Waals surface area contributed by atoms with E-state index < -0.39 is 11.5 Å². The van der Waals surface area contributed by atoms with Gasteiger partial charge in [-0.05, 0) is 91.4 Å². The summed E-state index contributed by atoms with van der Waals surface area (Å²) < 4.78 is 6.67. The summed E-state index contributed by atoms with van der Waals surface area (Å²) >= 11 is 0. The molecule has 1 aliphatic carbocycles. The Morgan fingerprint density at radius 3 is 2.60 bits per heavy atom. The number of hydrogen-bond donors (Lipinski definition) is 3. The third-order valence-electron chi connectivity index (χ3n) is 11.1. The molecule has 8 rings (SSSR count). The first-order valence-electron chi connectivity index (χ1n) is 18.3. The fraction of sp³-hybridized carbons (Fsp3) is 0.357. The fourth-order valence-corrected chi connectivity index (χ4v) is 8.30. The van der Waals surface area contributed by atoms with Gasteiger partial charge in [0, 0.05) is 55.9 Å². The first-order valence-corrected chi connectivity index (χ1v) is 18.3. The van der Waals surface area contributed by atoms with Crippen LogP contribution < -0.4 is 5.32 Å². The topological polar surface area (TPSA) is 152 Å². The summed E-state index contributed by atoms with van der Waals surface area (Å²) in [5.41, 5.74) is 7.18. The number of aliphatic carboxylic acids is 1. The van der Waals surface area contributed by atoms with Crippen molar-refractivity contribution in [1.82, 2.24) is 24.8 Å². The molecule has 3 N–H and O–H groups in total. The number of pyridine rings is 2. The first-order chi connectivity index (χ1) is 25.6. The molecule has 5 heterocycles. The van der Waals surface area contributed by atoms with Crippen LogP contribution in [0.5, 0.6) is 0 Å². The minimum Gasteiger partial charge on any atom is -0.481 e. The highest BCUT2D eigenvalue weighted by molar-refractivity contribution is 5.90. The number of likely N-dealkylation sites (tertiary alicyclic amines) is 2. The van der Waals surface area contributed by atoms with Gasteiger partial charge in [0.05, 0.1) is 17.6 Å². The molecule has 3 aliphatic rings. The second-order valence-electron chi connectivity index (χ2n) is 14.9. The normalized spacial score (nSPS) is 23.5. The van der Waals surface area contributed by atoms with Gasteiger partial charge in [0.25, 0.3) is 0 Å². The number of nitriles is 1. The van der Waals surface area contributed by atoms with E-state index in [0.29, 0.717) is 73.0 Å². The summed E-state index contributed by atoms with van der Waals surface area (Å²) in [5.74, 6) is -0.376. The molecule has 2 aliphatic heterocycles. The highest BCUT2D eigenvalue weighted by atomic mass is 16.4. The molecule has 53 heavy (non-hydrogen) atoms. The van der Waals surface area contributed by atoms with Gasteiger partial charge < -0.3 is 19.9 Å². The summed E-state index contributed by atoms with van der Waals surface area (Å²) in [7, 11) is 0. The van der Waals surface area contributed by atoms with Crippen LogP contribution in [0.4, 0.5) is 5.82 Å². The number of carbonyl (C=O) groups is 1. The average Bonchev–Trinajstić information content (AvgIpc) is 3.89. The van der Waals surface area contributed by atoms with Crippen molar-refractivity contribution in [3.63, 3.8) is 0 Å². The number of aliphatic hydroxyl groups excluding tert-OH is 1. The van der Waals surface area contributed by atoms with E-state index in [9.17, 15) is 20.3 Å². The zero-order chi connectivity index (χ0) is 36.9. The van der Waals surface area contributed by atoms with Crippen LogP contribution in [0, 0.1) is 37.0 Å². The molecular formula is C42H43N7O4. The van der Waals surface area contributed by atoms with Gasteiger partial charge in [-0.3, -0.25) is 19.6 Å². The van der Waals surface area contributed by atoms with Crippen LogP contribution in [0.1, 0.15) is 59.2 Å². The van der Waals surface area contributed by atoms with Crippen LogP contribution >= 0.6 is 0 Å². The number of aryl methyl sites for hydroxylation is 2. The summed E-state index contributed by atoms with van der Waals surface area (Å²) in [6, 6.07) is 18.6. The highest BCUT2D eigenvalue weighted by Gasteiger charge is 2.45. The lowest BCUT2D eigenvalue weighted by molar-refractivity contribution is -0.141. The smallest absolute Gasteiger partial charge is 0.307 e. The highest BCUT2D eigenvalue weighted by Crippen LogP contribution is 2.46. The second-order valence-corrected chi connectivity index (χ2v) is 14.9. The number of aromatic nitrogens is 3. The van der Waals surface area contributed by atoms with Crippen LogP contribution in [0.25, 0.3) is 27.6 Å². The first kappa shape index (κ1) is 34.7. The molecule has 3 aromatic heterocycles. The second kappa shape index (κ2) is 13.9. The van der Waals surface area contributed by atoms with Crippen molar-refractivity contribution in [3.8, 4) is 6.07 Å². The number of carboxylic acids is 1. The predicted octanol–water partition coefficient (Wildman–Crippen LogP) is 6.33. The largest absolute Gasteiger partial charge is 0.481 e. The van der Waals surface area contributed by atoms with Crippen LogP contribution in [0.15, 0.2) is 77.4 Å². The molecule has 0 bridgehead atoms. The van der Waals surface area contributed by atoms with E-state index in [0.717, 1.165) is 51.9 Å². The lowest BCUT2D eigenvalue weighted by atomic mass is 9.73. The van der Waals surface area contributed by atoms with Crippen molar-refractivity contribution in [2.75, 3.05) is 31.5 Å². The Morgan fingerprint density at radius 2 is 1.85 bits per heavy atom. The Labute approximate surface area is 308 Å². The van der Waals surface area contributed by atoms with Gasteiger partial charge in [-0.2, -0.15) is 5.26 Å². The minimum absolute atomic E-state index is 0.206. The number of nitrogens with one attached hydrogen (secondary N) is 1. The van der Waals surface area contributed by atoms with Crippen molar-refractivity contribution >= 4 is 39.4 Å². The predicted molar refractivity (Wildman–Crippen MR) is 203 cm³/mol. The van der Waals surface area contributed by atoms with Crippen molar-refractivity contribution in [2.45, 2.75) is 58.3 Å². The zero-order valence-electron chi connectivity index (χ0n) is 30.2. The number of rotatable bonds is 9. The number of benzene rings is 2. The van der Waals surface area contributed by atoms with Gasteiger partial charge in [0.2, 0.25) is 5.89 Å². The van der Waals surface area contributed by atoms with Gasteiger partial charge in [-0.1, -0.05) is 43.3 Å². The Balaban J connectivity index is 1.22. The lowest BCUT2D eigenvalue weighted by Crippen LogP contribution is -2.42. The number of hydrogen-bond acceptors (Lipinski definition) is 10. The van der Waals surface area contributed by atoms with Crippen molar-refractivity contribution in [1.29, 1.82) is 5.26 Å². The molecule has 270 valence electrons. The molecule has 0 radical (unpaired) electrons. The number of allylic oxidation sites excluding steroid dienone is 2. The van der Waals surface area contributed by atoms with E-state index in [4.69, 9.17) is 19.4 Å². The van der Waals surface area contributed by atoms with E-state index >= 15 is 0 Å². The zero-order valence-corrected chi connectivity index (χ0v) is 30.2.